The van der Waals surface area contributed by atoms with Crippen LogP contribution in [-0.4, -0.2) is 63.0 Å². The average molecular weight is 296 g/mol. The van der Waals surface area contributed by atoms with E-state index < -0.39 is 0 Å². The normalized spacial score (nSPS) is 39.0. The van der Waals surface area contributed by atoms with Gasteiger partial charge in [0.15, 0.2) is 0 Å². The van der Waals surface area contributed by atoms with Gasteiger partial charge in [-0.3, -0.25) is 4.90 Å². The maximum atomic E-state index is 6.00. The molecule has 21 heavy (non-hydrogen) atoms. The first kappa shape index (κ1) is 15.7. The Labute approximate surface area is 129 Å². The minimum Gasteiger partial charge on any atom is -0.383 e. The van der Waals surface area contributed by atoms with E-state index in [1.165, 1.54) is 32.2 Å². The van der Waals surface area contributed by atoms with Gasteiger partial charge in [-0.05, 0) is 32.2 Å². The molecule has 0 radical (unpaired) electrons. The quantitative estimate of drug-likeness (QED) is 0.811. The molecule has 3 rings (SSSR count). The smallest absolute Gasteiger partial charge is 0.0684 e. The number of nitrogens with zero attached hydrogens (tertiary/aromatic N) is 1. The molecule has 4 heteroatoms. The van der Waals surface area contributed by atoms with E-state index in [0.717, 1.165) is 32.2 Å². The molecule has 4 nitrogen and oxygen atoms in total. The molecule has 2 aliphatic heterocycles. The Bertz CT molecular complexity index is 348. The molecule has 0 amide bonds. The number of fused-ring (bicyclic) bond motifs is 1. The summed E-state index contributed by atoms with van der Waals surface area (Å²) in [4.78, 5) is 2.59. The molecule has 1 N–H and O–H groups in total. The molecule has 4 atom stereocenters. The van der Waals surface area contributed by atoms with Crippen molar-refractivity contribution in [1.82, 2.24) is 10.2 Å². The van der Waals surface area contributed by atoms with Gasteiger partial charge in [0.25, 0.3) is 0 Å². The summed E-state index contributed by atoms with van der Waals surface area (Å²) >= 11 is 0. The summed E-state index contributed by atoms with van der Waals surface area (Å²) in [5.41, 5.74) is 0.293. The third-order valence-corrected chi connectivity index (χ3v) is 5.99. The van der Waals surface area contributed by atoms with Crippen molar-refractivity contribution in [2.24, 2.45) is 11.3 Å². The lowest BCUT2D eigenvalue weighted by atomic mass is 9.55. The van der Waals surface area contributed by atoms with Gasteiger partial charge in [0.1, 0.15) is 0 Å². The van der Waals surface area contributed by atoms with E-state index in [1.54, 1.807) is 7.11 Å². The van der Waals surface area contributed by atoms with Crippen LogP contribution in [0, 0.1) is 11.3 Å². The van der Waals surface area contributed by atoms with Crippen LogP contribution in [0.25, 0.3) is 0 Å². The molecule has 2 heterocycles. The van der Waals surface area contributed by atoms with Crippen LogP contribution in [0.2, 0.25) is 0 Å². The third-order valence-electron chi connectivity index (χ3n) is 5.99. The maximum absolute atomic E-state index is 6.00. The zero-order valence-electron chi connectivity index (χ0n) is 13.9. The van der Waals surface area contributed by atoms with Crippen LogP contribution in [0.15, 0.2) is 0 Å². The van der Waals surface area contributed by atoms with E-state index in [9.17, 15) is 0 Å². The lowest BCUT2D eigenvalue weighted by Crippen LogP contribution is -2.70. The molecule has 0 aromatic heterocycles. The molecule has 1 aliphatic carbocycles. The van der Waals surface area contributed by atoms with Gasteiger partial charge in [-0.25, -0.2) is 0 Å². The molecule has 1 saturated carbocycles. The summed E-state index contributed by atoms with van der Waals surface area (Å²) < 4.78 is 11.2. The molecule has 0 spiro atoms. The van der Waals surface area contributed by atoms with Gasteiger partial charge in [0.05, 0.1) is 12.7 Å². The Morgan fingerprint density at radius 2 is 2.14 bits per heavy atom. The van der Waals surface area contributed by atoms with E-state index in [4.69, 9.17) is 9.47 Å². The third kappa shape index (κ3) is 3.00. The SMILES string of the molecule is COCCN1CCC[C@@H]1CN[C@@H]1[C@@H]2CCCO[C@@H]2C1(C)C. The first-order valence-electron chi connectivity index (χ1n) is 8.72. The topological polar surface area (TPSA) is 33.7 Å². The second kappa shape index (κ2) is 6.53. The molecule has 0 aromatic rings. The Kier molecular flexibility index (Phi) is 4.89. The van der Waals surface area contributed by atoms with E-state index >= 15 is 0 Å². The Morgan fingerprint density at radius 1 is 1.29 bits per heavy atom. The van der Waals surface area contributed by atoms with E-state index in [-0.39, 0.29) is 0 Å². The minimum absolute atomic E-state index is 0.293. The highest BCUT2D eigenvalue weighted by atomic mass is 16.5. The van der Waals surface area contributed by atoms with Crippen LogP contribution >= 0.6 is 0 Å². The summed E-state index contributed by atoms with van der Waals surface area (Å²) in [6, 6.07) is 1.33. The largest absolute Gasteiger partial charge is 0.383 e. The number of hydrogen-bond donors (Lipinski definition) is 1. The highest BCUT2D eigenvalue weighted by Gasteiger charge is 2.57. The van der Waals surface area contributed by atoms with Gasteiger partial charge in [0, 0.05) is 50.2 Å². The number of rotatable bonds is 6. The van der Waals surface area contributed by atoms with Crippen molar-refractivity contribution >= 4 is 0 Å². The van der Waals surface area contributed by atoms with E-state index in [1.807, 2.05) is 0 Å². The number of likely N-dealkylation sites (tertiary alicyclic amines) is 1. The zero-order valence-corrected chi connectivity index (χ0v) is 13.9. The Morgan fingerprint density at radius 3 is 2.95 bits per heavy atom. The fourth-order valence-corrected chi connectivity index (χ4v) is 4.83. The maximum Gasteiger partial charge on any atom is 0.0684 e. The highest BCUT2D eigenvalue weighted by molar-refractivity contribution is 5.10. The highest BCUT2D eigenvalue weighted by Crippen LogP contribution is 2.51. The first-order chi connectivity index (χ1) is 10.1. The van der Waals surface area contributed by atoms with Gasteiger partial charge in [-0.1, -0.05) is 13.8 Å². The van der Waals surface area contributed by atoms with Crippen molar-refractivity contribution < 1.29 is 9.47 Å². The summed E-state index contributed by atoms with van der Waals surface area (Å²) in [7, 11) is 1.80. The van der Waals surface area contributed by atoms with E-state index in [0.29, 0.717) is 23.6 Å². The summed E-state index contributed by atoms with van der Waals surface area (Å²) in [6.07, 6.45) is 5.72. The average Bonchev–Trinajstić information content (AvgIpc) is 2.92. The fraction of sp³-hybridized carbons (Fsp3) is 1.00. The van der Waals surface area contributed by atoms with Crippen LogP contribution in [0.3, 0.4) is 0 Å². The number of hydrogen-bond acceptors (Lipinski definition) is 4. The first-order valence-corrected chi connectivity index (χ1v) is 8.72. The van der Waals surface area contributed by atoms with Gasteiger partial charge < -0.3 is 14.8 Å². The van der Waals surface area contributed by atoms with Gasteiger partial charge in [-0.2, -0.15) is 0 Å². The second-order valence-corrected chi connectivity index (χ2v) is 7.63. The van der Waals surface area contributed by atoms with Crippen LogP contribution in [0.5, 0.6) is 0 Å². The standard InChI is InChI=1S/C17H32N2O2/c1-17(2)15(14-7-5-10-21-16(14)17)18-12-13-6-4-8-19(13)9-11-20-3/h13-16,18H,4-12H2,1-3H3/t13-,14+,15-,16+/m1/s1. The van der Waals surface area contributed by atoms with Gasteiger partial charge >= 0.3 is 0 Å². The van der Waals surface area contributed by atoms with Crippen molar-refractivity contribution in [3.05, 3.63) is 0 Å². The fourth-order valence-electron chi connectivity index (χ4n) is 4.83. The molecule has 0 aromatic carbocycles. The van der Waals surface area contributed by atoms with Crippen molar-refractivity contribution in [1.29, 1.82) is 0 Å². The predicted octanol–water partition coefficient (Wildman–Crippen LogP) is 1.89. The monoisotopic (exact) mass is 296 g/mol. The lowest BCUT2D eigenvalue weighted by molar-refractivity contribution is -0.192. The molecule has 2 saturated heterocycles. The molecule has 0 bridgehead atoms. The molecule has 0 unspecified atom stereocenters. The molecule has 3 fully saturated rings. The molecular formula is C17H32N2O2. The van der Waals surface area contributed by atoms with Crippen LogP contribution in [0.4, 0.5) is 0 Å². The number of ether oxygens (including phenoxy) is 2. The number of methoxy groups -OCH3 is 1. The predicted molar refractivity (Wildman–Crippen MR) is 84.5 cm³/mol. The van der Waals surface area contributed by atoms with Gasteiger partial charge in [0.2, 0.25) is 0 Å². The van der Waals surface area contributed by atoms with Crippen molar-refractivity contribution in [2.45, 2.75) is 57.7 Å². The van der Waals surface area contributed by atoms with Gasteiger partial charge in [-0.15, -0.1) is 0 Å². The van der Waals surface area contributed by atoms with Crippen molar-refractivity contribution in [3.8, 4) is 0 Å². The lowest BCUT2D eigenvalue weighted by Gasteiger charge is -2.60. The second-order valence-electron chi connectivity index (χ2n) is 7.63. The number of nitrogens with one attached hydrogen (secondary N) is 1. The Hall–Kier alpha value is -0.160. The minimum atomic E-state index is 0.293. The van der Waals surface area contributed by atoms with E-state index in [2.05, 4.69) is 24.1 Å². The van der Waals surface area contributed by atoms with Crippen molar-refractivity contribution in [3.63, 3.8) is 0 Å². The molecule has 122 valence electrons. The van der Waals surface area contributed by atoms with Crippen LogP contribution in [0.1, 0.15) is 39.5 Å². The van der Waals surface area contributed by atoms with Crippen molar-refractivity contribution in [2.75, 3.05) is 40.0 Å². The molecular weight excluding hydrogens is 264 g/mol. The summed E-state index contributed by atoms with van der Waals surface area (Å²) in [5.74, 6) is 0.738. The zero-order chi connectivity index (χ0) is 14.9. The Balaban J connectivity index is 1.50. The summed E-state index contributed by atoms with van der Waals surface area (Å²) in [6.45, 7) is 9.99. The van der Waals surface area contributed by atoms with Crippen LogP contribution < -0.4 is 5.32 Å². The summed E-state index contributed by atoms with van der Waals surface area (Å²) in [5, 5.41) is 3.89. The van der Waals surface area contributed by atoms with Crippen LogP contribution in [-0.2, 0) is 9.47 Å². The molecule has 3 aliphatic rings.